The SMILES string of the molecule is CC1CCC(I)C(=O)C1. The summed E-state index contributed by atoms with van der Waals surface area (Å²) < 4.78 is 0.318. The summed E-state index contributed by atoms with van der Waals surface area (Å²) in [5.41, 5.74) is 0. The molecule has 2 atom stereocenters. The highest BCUT2D eigenvalue weighted by Gasteiger charge is 2.23. The summed E-state index contributed by atoms with van der Waals surface area (Å²) >= 11 is 2.24. The van der Waals surface area contributed by atoms with Gasteiger partial charge in [0.05, 0.1) is 3.92 Å². The average molecular weight is 238 g/mol. The van der Waals surface area contributed by atoms with E-state index in [1.54, 1.807) is 0 Å². The Balaban J connectivity index is 2.44. The fraction of sp³-hybridized carbons (Fsp3) is 0.857. The first-order valence-corrected chi connectivity index (χ1v) is 4.61. The summed E-state index contributed by atoms with van der Waals surface area (Å²) in [6, 6.07) is 0. The van der Waals surface area contributed by atoms with E-state index in [1.165, 1.54) is 6.42 Å². The third-order valence-electron chi connectivity index (χ3n) is 1.81. The molecule has 0 N–H and O–H groups in total. The molecule has 0 aromatic heterocycles. The van der Waals surface area contributed by atoms with Crippen LogP contribution in [-0.2, 0) is 4.79 Å². The monoisotopic (exact) mass is 238 g/mol. The van der Waals surface area contributed by atoms with Gasteiger partial charge < -0.3 is 0 Å². The first kappa shape index (κ1) is 7.51. The second-order valence-electron chi connectivity index (χ2n) is 2.82. The van der Waals surface area contributed by atoms with E-state index < -0.39 is 0 Å². The maximum Gasteiger partial charge on any atom is 0.145 e. The molecule has 0 heterocycles. The predicted octanol–water partition coefficient (Wildman–Crippen LogP) is 2.18. The van der Waals surface area contributed by atoms with Gasteiger partial charge in [0.15, 0.2) is 0 Å². The summed E-state index contributed by atoms with van der Waals surface area (Å²) in [5.74, 6) is 1.10. The van der Waals surface area contributed by atoms with Crippen molar-refractivity contribution in [2.75, 3.05) is 0 Å². The molecule has 9 heavy (non-hydrogen) atoms. The van der Waals surface area contributed by atoms with E-state index in [-0.39, 0.29) is 0 Å². The normalized spacial score (nSPS) is 36.9. The number of carbonyl (C=O) groups excluding carboxylic acids is 1. The lowest BCUT2D eigenvalue weighted by Crippen LogP contribution is -2.22. The van der Waals surface area contributed by atoms with Crippen LogP contribution in [0.5, 0.6) is 0 Å². The van der Waals surface area contributed by atoms with E-state index in [4.69, 9.17) is 0 Å². The summed E-state index contributed by atoms with van der Waals surface area (Å²) in [7, 11) is 0. The van der Waals surface area contributed by atoms with Crippen LogP contribution in [0.1, 0.15) is 26.2 Å². The molecule has 52 valence electrons. The van der Waals surface area contributed by atoms with Crippen LogP contribution >= 0.6 is 22.6 Å². The number of Topliss-reactive ketones (excluding diaryl/α,β-unsaturated/α-hetero) is 1. The van der Waals surface area contributed by atoms with Crippen LogP contribution in [0.25, 0.3) is 0 Å². The number of hydrogen-bond donors (Lipinski definition) is 0. The van der Waals surface area contributed by atoms with Gasteiger partial charge >= 0.3 is 0 Å². The molecule has 0 aromatic rings. The van der Waals surface area contributed by atoms with Crippen molar-refractivity contribution in [2.45, 2.75) is 30.1 Å². The van der Waals surface area contributed by atoms with Gasteiger partial charge in [-0.15, -0.1) is 0 Å². The molecule has 2 unspecified atom stereocenters. The highest BCUT2D eigenvalue weighted by molar-refractivity contribution is 14.1. The number of halogens is 1. The fourth-order valence-electron chi connectivity index (χ4n) is 1.17. The van der Waals surface area contributed by atoms with Crippen LogP contribution in [0.2, 0.25) is 0 Å². The summed E-state index contributed by atoms with van der Waals surface area (Å²) in [6.45, 7) is 2.15. The molecule has 0 bridgehead atoms. The van der Waals surface area contributed by atoms with E-state index in [2.05, 4.69) is 29.5 Å². The van der Waals surface area contributed by atoms with Crippen LogP contribution in [0.4, 0.5) is 0 Å². The topological polar surface area (TPSA) is 17.1 Å². The van der Waals surface area contributed by atoms with Crippen LogP contribution in [0.15, 0.2) is 0 Å². The number of carbonyl (C=O) groups is 1. The van der Waals surface area contributed by atoms with Crippen molar-refractivity contribution < 1.29 is 4.79 Å². The van der Waals surface area contributed by atoms with Crippen molar-refractivity contribution in [1.82, 2.24) is 0 Å². The quantitative estimate of drug-likeness (QED) is 0.467. The van der Waals surface area contributed by atoms with Crippen molar-refractivity contribution in [3.05, 3.63) is 0 Å². The van der Waals surface area contributed by atoms with Gasteiger partial charge in [0.25, 0.3) is 0 Å². The Bertz CT molecular complexity index is 122. The highest BCUT2D eigenvalue weighted by atomic mass is 127. The first-order valence-electron chi connectivity index (χ1n) is 3.37. The van der Waals surface area contributed by atoms with Gasteiger partial charge in [0, 0.05) is 6.42 Å². The number of ketones is 1. The highest BCUT2D eigenvalue weighted by Crippen LogP contribution is 2.25. The minimum absolute atomic E-state index is 0.318. The van der Waals surface area contributed by atoms with Crippen molar-refractivity contribution in [3.63, 3.8) is 0 Å². The zero-order valence-corrected chi connectivity index (χ0v) is 7.72. The largest absolute Gasteiger partial charge is 0.299 e. The second-order valence-corrected chi connectivity index (χ2v) is 4.32. The van der Waals surface area contributed by atoms with Gasteiger partial charge in [0.2, 0.25) is 0 Å². The zero-order chi connectivity index (χ0) is 6.85. The van der Waals surface area contributed by atoms with Gasteiger partial charge in [-0.25, -0.2) is 0 Å². The average Bonchev–Trinajstić information content (AvgIpc) is 1.80. The van der Waals surface area contributed by atoms with Crippen molar-refractivity contribution in [3.8, 4) is 0 Å². The zero-order valence-electron chi connectivity index (χ0n) is 5.56. The van der Waals surface area contributed by atoms with Crippen LogP contribution in [0, 0.1) is 5.92 Å². The van der Waals surface area contributed by atoms with Crippen LogP contribution in [-0.4, -0.2) is 9.71 Å². The summed E-state index contributed by atoms with van der Waals surface area (Å²) in [6.07, 6.45) is 3.15. The van der Waals surface area contributed by atoms with Crippen molar-refractivity contribution in [2.24, 2.45) is 5.92 Å². The van der Waals surface area contributed by atoms with E-state index >= 15 is 0 Å². The van der Waals surface area contributed by atoms with Gasteiger partial charge in [-0.2, -0.15) is 0 Å². The number of hydrogen-bond acceptors (Lipinski definition) is 1. The molecule has 1 saturated carbocycles. The molecule has 2 heteroatoms. The number of alkyl halides is 1. The summed E-state index contributed by atoms with van der Waals surface area (Å²) in [5, 5.41) is 0. The Morgan fingerprint density at radius 2 is 2.22 bits per heavy atom. The Morgan fingerprint density at radius 3 is 2.67 bits per heavy atom. The molecule has 0 aliphatic heterocycles. The lowest BCUT2D eigenvalue weighted by atomic mass is 9.90. The Morgan fingerprint density at radius 1 is 1.56 bits per heavy atom. The van der Waals surface area contributed by atoms with Gasteiger partial charge in [0.1, 0.15) is 5.78 Å². The van der Waals surface area contributed by atoms with E-state index in [9.17, 15) is 4.79 Å². The molecule has 1 fully saturated rings. The molecule has 0 aromatic carbocycles. The molecule has 1 aliphatic rings. The predicted molar refractivity (Wildman–Crippen MR) is 45.8 cm³/mol. The first-order chi connectivity index (χ1) is 4.20. The maximum atomic E-state index is 11.0. The van der Waals surface area contributed by atoms with Crippen LogP contribution in [0.3, 0.4) is 0 Å². The minimum atomic E-state index is 0.318. The lowest BCUT2D eigenvalue weighted by molar-refractivity contribution is -0.120. The van der Waals surface area contributed by atoms with E-state index in [0.29, 0.717) is 15.6 Å². The van der Waals surface area contributed by atoms with Crippen LogP contribution < -0.4 is 0 Å². The molecular weight excluding hydrogens is 227 g/mol. The molecular formula is C7H11IO. The summed E-state index contributed by atoms with van der Waals surface area (Å²) in [4.78, 5) is 11.0. The maximum absolute atomic E-state index is 11.0. The van der Waals surface area contributed by atoms with Gasteiger partial charge in [-0.3, -0.25) is 4.79 Å². The van der Waals surface area contributed by atoms with Gasteiger partial charge in [-0.1, -0.05) is 29.5 Å². The minimum Gasteiger partial charge on any atom is -0.299 e. The molecule has 0 saturated heterocycles. The second kappa shape index (κ2) is 2.99. The molecule has 1 aliphatic carbocycles. The van der Waals surface area contributed by atoms with Crippen molar-refractivity contribution >= 4 is 28.4 Å². The third kappa shape index (κ3) is 1.92. The molecule has 0 amide bonds. The third-order valence-corrected chi connectivity index (χ3v) is 3.13. The standard InChI is InChI=1S/C7H11IO/c1-5-2-3-6(8)7(9)4-5/h5-6H,2-4H2,1H3. The van der Waals surface area contributed by atoms with E-state index in [1.807, 2.05) is 0 Å². The molecule has 1 nitrogen and oxygen atoms in total. The molecule has 0 radical (unpaired) electrons. The Hall–Kier alpha value is 0.400. The lowest BCUT2D eigenvalue weighted by Gasteiger charge is -2.20. The van der Waals surface area contributed by atoms with Gasteiger partial charge in [-0.05, 0) is 18.8 Å². The number of rotatable bonds is 0. The smallest absolute Gasteiger partial charge is 0.145 e. The van der Waals surface area contributed by atoms with E-state index in [0.717, 1.165) is 12.8 Å². The van der Waals surface area contributed by atoms with Crippen molar-refractivity contribution in [1.29, 1.82) is 0 Å². The Kier molecular flexibility index (Phi) is 2.50. The fourth-order valence-corrected chi connectivity index (χ4v) is 1.78. The Labute approximate surface area is 69.3 Å². The molecule has 0 spiro atoms. The molecule has 1 rings (SSSR count).